The van der Waals surface area contributed by atoms with E-state index in [0.717, 1.165) is 0 Å². The van der Waals surface area contributed by atoms with Crippen molar-refractivity contribution < 1.29 is 19.8 Å². The van der Waals surface area contributed by atoms with Crippen molar-refractivity contribution in [2.45, 2.75) is 6.10 Å². The van der Waals surface area contributed by atoms with Gasteiger partial charge in [-0.15, -0.1) is 0 Å². The second-order valence-electron chi connectivity index (χ2n) is 3.49. The Morgan fingerprint density at radius 1 is 1.47 bits per heavy atom. The Labute approximate surface area is 117 Å². The maximum Gasteiger partial charge on any atom is 0.334 e. The summed E-state index contributed by atoms with van der Waals surface area (Å²) in [6.45, 7) is -0.431. The minimum atomic E-state index is -1.67. The third-order valence-electron chi connectivity index (χ3n) is 2.09. The molecular formula is C11H10BrN3O4. The van der Waals surface area contributed by atoms with Gasteiger partial charge in [0.05, 0.1) is 17.8 Å². The van der Waals surface area contributed by atoms with E-state index in [1.165, 1.54) is 12.1 Å². The first-order valence-electron chi connectivity index (χ1n) is 5.09. The molecule has 2 amide bonds. The highest BCUT2D eigenvalue weighted by atomic mass is 79.9. The van der Waals surface area contributed by atoms with Gasteiger partial charge in [-0.25, -0.2) is 9.59 Å². The first kappa shape index (κ1) is 14.9. The summed E-state index contributed by atoms with van der Waals surface area (Å²) in [5, 5.41) is 30.9. The highest BCUT2D eigenvalue weighted by Gasteiger charge is 2.14. The van der Waals surface area contributed by atoms with E-state index in [1.807, 2.05) is 6.07 Å². The molecule has 0 heterocycles. The number of aliphatic carboxylic acids is 1. The number of aliphatic hydroxyl groups excluding tert-OH is 1. The molecule has 0 saturated heterocycles. The molecule has 1 aromatic rings. The SMILES string of the molecule is N#Cc1cc(Br)ccc1NC(=O)NCC(O)C(=O)O. The van der Waals surface area contributed by atoms with Gasteiger partial charge in [-0.3, -0.25) is 0 Å². The van der Waals surface area contributed by atoms with E-state index in [1.54, 1.807) is 6.07 Å². The van der Waals surface area contributed by atoms with Crippen molar-refractivity contribution in [3.8, 4) is 6.07 Å². The van der Waals surface area contributed by atoms with E-state index in [2.05, 4.69) is 26.6 Å². The number of carboxylic acid groups (broad SMARTS) is 1. The largest absolute Gasteiger partial charge is 0.479 e. The van der Waals surface area contributed by atoms with Crippen LogP contribution in [0.4, 0.5) is 10.5 Å². The number of aliphatic hydroxyl groups is 1. The summed E-state index contributed by atoms with van der Waals surface area (Å²) < 4.78 is 0.691. The van der Waals surface area contributed by atoms with E-state index in [9.17, 15) is 9.59 Å². The molecule has 0 saturated carbocycles. The molecule has 0 fully saturated rings. The standard InChI is InChI=1S/C11H10BrN3O4/c12-7-1-2-8(6(3-7)4-13)15-11(19)14-5-9(16)10(17)18/h1-3,9,16H,5H2,(H,17,18)(H2,14,15,19). The maximum absolute atomic E-state index is 11.4. The number of halogens is 1. The molecule has 19 heavy (non-hydrogen) atoms. The Balaban J connectivity index is 2.63. The quantitative estimate of drug-likeness (QED) is 0.654. The normalized spacial score (nSPS) is 11.2. The number of hydrogen-bond donors (Lipinski definition) is 4. The van der Waals surface area contributed by atoms with Crippen LogP contribution >= 0.6 is 15.9 Å². The summed E-state index contributed by atoms with van der Waals surface area (Å²) in [6, 6.07) is 5.89. The number of anilines is 1. The van der Waals surface area contributed by atoms with E-state index < -0.39 is 24.6 Å². The van der Waals surface area contributed by atoms with E-state index in [4.69, 9.17) is 15.5 Å². The summed E-state index contributed by atoms with van der Waals surface area (Å²) in [6.07, 6.45) is -1.67. The number of carboxylic acids is 1. The highest BCUT2D eigenvalue weighted by molar-refractivity contribution is 9.10. The van der Waals surface area contributed by atoms with Crippen LogP contribution in [-0.2, 0) is 4.79 Å². The molecule has 8 heteroatoms. The number of carbonyl (C=O) groups is 2. The van der Waals surface area contributed by atoms with Crippen molar-refractivity contribution in [2.24, 2.45) is 0 Å². The lowest BCUT2D eigenvalue weighted by atomic mass is 10.2. The average Bonchev–Trinajstić information content (AvgIpc) is 2.37. The van der Waals surface area contributed by atoms with Gasteiger partial charge in [-0.1, -0.05) is 15.9 Å². The van der Waals surface area contributed by atoms with Gasteiger partial charge in [0.15, 0.2) is 6.10 Å². The van der Waals surface area contributed by atoms with E-state index in [0.29, 0.717) is 4.47 Å². The molecule has 0 spiro atoms. The Bertz CT molecular complexity index is 541. The molecule has 1 aromatic carbocycles. The molecule has 0 aromatic heterocycles. The predicted molar refractivity (Wildman–Crippen MR) is 69.5 cm³/mol. The minimum absolute atomic E-state index is 0.253. The summed E-state index contributed by atoms with van der Waals surface area (Å²) in [5.41, 5.74) is 0.538. The lowest BCUT2D eigenvalue weighted by molar-refractivity contribution is -0.146. The summed E-state index contributed by atoms with van der Waals surface area (Å²) in [5.74, 6) is -1.43. The summed E-state index contributed by atoms with van der Waals surface area (Å²) in [7, 11) is 0. The Morgan fingerprint density at radius 2 is 2.16 bits per heavy atom. The van der Waals surface area contributed by atoms with Gasteiger partial charge in [0.2, 0.25) is 0 Å². The van der Waals surface area contributed by atoms with Crippen molar-refractivity contribution in [1.82, 2.24) is 5.32 Å². The molecule has 7 nitrogen and oxygen atoms in total. The number of nitrogens with zero attached hydrogens (tertiary/aromatic N) is 1. The zero-order valence-electron chi connectivity index (χ0n) is 9.55. The Morgan fingerprint density at radius 3 is 2.74 bits per heavy atom. The summed E-state index contributed by atoms with van der Waals surface area (Å²) in [4.78, 5) is 21.8. The van der Waals surface area contributed by atoms with Crippen LogP contribution < -0.4 is 10.6 Å². The van der Waals surface area contributed by atoms with Gasteiger partial charge in [-0.2, -0.15) is 5.26 Å². The fourth-order valence-corrected chi connectivity index (χ4v) is 1.52. The third kappa shape index (κ3) is 4.57. The van der Waals surface area contributed by atoms with Crippen LogP contribution in [0.25, 0.3) is 0 Å². The van der Waals surface area contributed by atoms with Crippen molar-refractivity contribution in [1.29, 1.82) is 5.26 Å². The second-order valence-corrected chi connectivity index (χ2v) is 4.41. The molecule has 4 N–H and O–H groups in total. The van der Waals surface area contributed by atoms with Gasteiger partial charge < -0.3 is 20.8 Å². The monoisotopic (exact) mass is 327 g/mol. The van der Waals surface area contributed by atoms with E-state index >= 15 is 0 Å². The Kier molecular flexibility index (Phi) is 5.29. The molecule has 100 valence electrons. The number of nitriles is 1. The number of carbonyl (C=O) groups excluding carboxylic acids is 1. The molecule has 0 bridgehead atoms. The van der Waals surface area contributed by atoms with Crippen molar-refractivity contribution in [3.05, 3.63) is 28.2 Å². The van der Waals surface area contributed by atoms with Crippen molar-refractivity contribution in [2.75, 3.05) is 11.9 Å². The molecule has 0 aliphatic heterocycles. The summed E-state index contributed by atoms with van der Waals surface area (Å²) >= 11 is 3.19. The van der Waals surface area contributed by atoms with Gasteiger partial charge in [0.1, 0.15) is 6.07 Å². The number of rotatable bonds is 4. The number of hydrogen-bond acceptors (Lipinski definition) is 4. The second kappa shape index (κ2) is 6.72. The minimum Gasteiger partial charge on any atom is -0.479 e. The maximum atomic E-state index is 11.4. The van der Waals surface area contributed by atoms with Crippen LogP contribution in [0.1, 0.15) is 5.56 Å². The topological polar surface area (TPSA) is 122 Å². The van der Waals surface area contributed by atoms with Crippen LogP contribution in [-0.4, -0.2) is 34.9 Å². The molecular weight excluding hydrogens is 318 g/mol. The van der Waals surface area contributed by atoms with Crippen LogP contribution in [0.2, 0.25) is 0 Å². The number of amides is 2. The van der Waals surface area contributed by atoms with E-state index in [-0.39, 0.29) is 11.3 Å². The van der Waals surface area contributed by atoms with Gasteiger partial charge >= 0.3 is 12.0 Å². The molecule has 1 rings (SSSR count). The molecule has 1 unspecified atom stereocenters. The molecule has 0 radical (unpaired) electrons. The lowest BCUT2D eigenvalue weighted by Crippen LogP contribution is -2.38. The predicted octanol–water partition coefficient (Wildman–Crippen LogP) is 0.888. The smallest absolute Gasteiger partial charge is 0.334 e. The highest BCUT2D eigenvalue weighted by Crippen LogP contribution is 2.19. The van der Waals surface area contributed by atoms with Crippen molar-refractivity contribution in [3.63, 3.8) is 0 Å². The first-order valence-corrected chi connectivity index (χ1v) is 5.88. The van der Waals surface area contributed by atoms with Crippen LogP contribution in [0.5, 0.6) is 0 Å². The Hall–Kier alpha value is -2.11. The van der Waals surface area contributed by atoms with Gasteiger partial charge in [0.25, 0.3) is 0 Å². The van der Waals surface area contributed by atoms with Gasteiger partial charge in [-0.05, 0) is 18.2 Å². The first-order chi connectivity index (χ1) is 8.93. The number of nitrogens with one attached hydrogen (secondary N) is 2. The average molecular weight is 328 g/mol. The number of urea groups is 1. The van der Waals surface area contributed by atoms with Crippen LogP contribution in [0.15, 0.2) is 22.7 Å². The number of benzene rings is 1. The van der Waals surface area contributed by atoms with Crippen molar-refractivity contribution >= 4 is 33.6 Å². The third-order valence-corrected chi connectivity index (χ3v) is 2.58. The molecule has 1 atom stereocenters. The zero-order chi connectivity index (χ0) is 14.4. The molecule has 0 aliphatic carbocycles. The lowest BCUT2D eigenvalue weighted by Gasteiger charge is -2.10. The van der Waals surface area contributed by atoms with Gasteiger partial charge in [0, 0.05) is 4.47 Å². The fraction of sp³-hybridized carbons (Fsp3) is 0.182. The van der Waals surface area contributed by atoms with Crippen LogP contribution in [0.3, 0.4) is 0 Å². The van der Waals surface area contributed by atoms with Crippen LogP contribution in [0, 0.1) is 11.3 Å². The fourth-order valence-electron chi connectivity index (χ4n) is 1.16. The molecule has 0 aliphatic rings. The zero-order valence-corrected chi connectivity index (χ0v) is 11.1.